The summed E-state index contributed by atoms with van der Waals surface area (Å²) in [5.41, 5.74) is 0.820. The lowest BCUT2D eigenvalue weighted by molar-refractivity contribution is -0.117. The first-order chi connectivity index (χ1) is 10.1. The molecule has 0 bridgehead atoms. The molecule has 0 fully saturated rings. The summed E-state index contributed by atoms with van der Waals surface area (Å²) in [5.74, 6) is -0.0828. The van der Waals surface area contributed by atoms with Gasteiger partial charge in [-0.05, 0) is 19.2 Å². The average molecular weight is 325 g/mol. The monoisotopic (exact) mass is 324 g/mol. The van der Waals surface area contributed by atoms with Crippen LogP contribution in [-0.2, 0) is 4.79 Å². The van der Waals surface area contributed by atoms with Gasteiger partial charge in [0.05, 0.1) is 11.6 Å². The molecule has 21 heavy (non-hydrogen) atoms. The minimum atomic E-state index is -0.0828. The Kier molecular flexibility index (Phi) is 5.67. The van der Waals surface area contributed by atoms with E-state index in [-0.39, 0.29) is 5.91 Å². The van der Waals surface area contributed by atoms with Crippen molar-refractivity contribution in [2.75, 3.05) is 25.0 Å². The molecule has 0 atom stereocenters. The van der Waals surface area contributed by atoms with Crippen LogP contribution in [0.2, 0.25) is 5.02 Å². The summed E-state index contributed by atoms with van der Waals surface area (Å²) >= 11 is 7.44. The molecule has 1 aromatic carbocycles. The third-order valence-corrected chi connectivity index (χ3v) is 4.24. The SMILES string of the molecule is CCN(CC)CC(=O)Nc1nnc(-c2ccccc2Cl)s1. The third-order valence-electron chi connectivity index (χ3n) is 3.04. The first-order valence-electron chi connectivity index (χ1n) is 6.74. The second kappa shape index (κ2) is 7.49. The Labute approximate surface area is 133 Å². The quantitative estimate of drug-likeness (QED) is 0.887. The van der Waals surface area contributed by atoms with Crippen molar-refractivity contribution in [3.05, 3.63) is 29.3 Å². The first-order valence-corrected chi connectivity index (χ1v) is 7.94. The van der Waals surface area contributed by atoms with E-state index in [1.54, 1.807) is 6.07 Å². The van der Waals surface area contributed by atoms with Crippen LogP contribution in [0.3, 0.4) is 0 Å². The molecular formula is C14H17ClN4OS. The molecule has 0 saturated heterocycles. The molecule has 1 amide bonds. The van der Waals surface area contributed by atoms with Crippen molar-refractivity contribution in [2.24, 2.45) is 0 Å². The van der Waals surface area contributed by atoms with Gasteiger partial charge in [0.2, 0.25) is 11.0 Å². The summed E-state index contributed by atoms with van der Waals surface area (Å²) in [7, 11) is 0. The van der Waals surface area contributed by atoms with Crippen LogP contribution in [0.4, 0.5) is 5.13 Å². The normalized spacial score (nSPS) is 10.9. The Balaban J connectivity index is 2.04. The second-order valence-electron chi connectivity index (χ2n) is 4.40. The first kappa shape index (κ1) is 15.9. The standard InChI is InChI=1S/C14H17ClN4OS/c1-3-19(4-2)9-12(20)16-14-18-17-13(21-14)10-7-5-6-8-11(10)15/h5-8H,3-4,9H2,1-2H3,(H,16,18,20). The molecule has 0 radical (unpaired) electrons. The molecular weight excluding hydrogens is 308 g/mol. The van der Waals surface area contributed by atoms with E-state index < -0.39 is 0 Å². The molecule has 0 saturated carbocycles. The predicted octanol–water partition coefficient (Wildman–Crippen LogP) is 3.14. The number of halogens is 1. The van der Waals surface area contributed by atoms with E-state index in [2.05, 4.69) is 15.5 Å². The molecule has 5 nitrogen and oxygen atoms in total. The summed E-state index contributed by atoms with van der Waals surface area (Å²) in [4.78, 5) is 13.9. The van der Waals surface area contributed by atoms with Gasteiger partial charge in [-0.25, -0.2) is 0 Å². The van der Waals surface area contributed by atoms with Crippen LogP contribution >= 0.6 is 22.9 Å². The summed E-state index contributed by atoms with van der Waals surface area (Å²) in [5, 5.41) is 12.6. The van der Waals surface area contributed by atoms with E-state index in [1.807, 2.05) is 36.9 Å². The number of hydrogen-bond donors (Lipinski definition) is 1. The highest BCUT2D eigenvalue weighted by Crippen LogP contribution is 2.31. The summed E-state index contributed by atoms with van der Waals surface area (Å²) < 4.78 is 0. The molecule has 2 aromatic rings. The molecule has 2 rings (SSSR count). The Bertz CT molecular complexity index is 613. The van der Waals surface area contributed by atoms with Crippen LogP contribution in [0, 0.1) is 0 Å². The molecule has 0 aliphatic heterocycles. The fraction of sp³-hybridized carbons (Fsp3) is 0.357. The Hall–Kier alpha value is -1.50. The number of likely N-dealkylation sites (N-methyl/N-ethyl adjacent to an activating group) is 1. The smallest absolute Gasteiger partial charge is 0.240 e. The van der Waals surface area contributed by atoms with Gasteiger partial charge in [0.15, 0.2) is 5.01 Å². The zero-order valence-corrected chi connectivity index (χ0v) is 13.5. The maximum Gasteiger partial charge on any atom is 0.240 e. The van der Waals surface area contributed by atoms with Crippen molar-refractivity contribution in [2.45, 2.75) is 13.8 Å². The van der Waals surface area contributed by atoms with Gasteiger partial charge in [0, 0.05) is 5.56 Å². The molecule has 1 heterocycles. The number of aromatic nitrogens is 2. The molecule has 1 N–H and O–H groups in total. The molecule has 112 valence electrons. The molecule has 1 aromatic heterocycles. The van der Waals surface area contributed by atoms with Gasteiger partial charge in [0.25, 0.3) is 0 Å². The number of anilines is 1. The highest BCUT2D eigenvalue weighted by Gasteiger charge is 2.13. The number of benzene rings is 1. The van der Waals surface area contributed by atoms with Crippen molar-refractivity contribution >= 4 is 34.0 Å². The van der Waals surface area contributed by atoms with Gasteiger partial charge in [0.1, 0.15) is 0 Å². The maximum atomic E-state index is 11.9. The number of carbonyl (C=O) groups is 1. The van der Waals surface area contributed by atoms with E-state index in [1.165, 1.54) is 11.3 Å². The van der Waals surface area contributed by atoms with Gasteiger partial charge in [-0.2, -0.15) is 0 Å². The van der Waals surface area contributed by atoms with E-state index in [0.29, 0.717) is 21.7 Å². The Morgan fingerprint density at radius 2 is 2.00 bits per heavy atom. The van der Waals surface area contributed by atoms with Crippen LogP contribution in [-0.4, -0.2) is 40.6 Å². The maximum absolute atomic E-state index is 11.9. The van der Waals surface area contributed by atoms with E-state index in [4.69, 9.17) is 11.6 Å². The van der Waals surface area contributed by atoms with Crippen molar-refractivity contribution in [3.63, 3.8) is 0 Å². The lowest BCUT2D eigenvalue weighted by Gasteiger charge is -2.16. The minimum absolute atomic E-state index is 0.0828. The lowest BCUT2D eigenvalue weighted by Crippen LogP contribution is -2.32. The largest absolute Gasteiger partial charge is 0.299 e. The Morgan fingerprint density at radius 3 is 2.67 bits per heavy atom. The van der Waals surface area contributed by atoms with E-state index in [0.717, 1.165) is 18.7 Å². The highest BCUT2D eigenvalue weighted by molar-refractivity contribution is 7.18. The molecule has 0 spiro atoms. The van der Waals surface area contributed by atoms with Gasteiger partial charge >= 0.3 is 0 Å². The van der Waals surface area contributed by atoms with Crippen molar-refractivity contribution < 1.29 is 4.79 Å². The topological polar surface area (TPSA) is 58.1 Å². The number of nitrogens with one attached hydrogen (secondary N) is 1. The van der Waals surface area contributed by atoms with Crippen molar-refractivity contribution in [1.29, 1.82) is 0 Å². The van der Waals surface area contributed by atoms with Crippen LogP contribution in [0.15, 0.2) is 24.3 Å². The number of carbonyl (C=O) groups excluding carboxylic acids is 1. The predicted molar refractivity (Wildman–Crippen MR) is 86.8 cm³/mol. The second-order valence-corrected chi connectivity index (χ2v) is 5.79. The molecule has 7 heteroatoms. The van der Waals surface area contributed by atoms with Gasteiger partial charge in [-0.15, -0.1) is 10.2 Å². The fourth-order valence-electron chi connectivity index (χ4n) is 1.83. The van der Waals surface area contributed by atoms with Gasteiger partial charge < -0.3 is 0 Å². The minimum Gasteiger partial charge on any atom is -0.299 e. The average Bonchev–Trinajstić information content (AvgIpc) is 2.93. The van der Waals surface area contributed by atoms with Crippen LogP contribution in [0.1, 0.15) is 13.8 Å². The number of nitrogens with zero attached hydrogens (tertiary/aromatic N) is 3. The summed E-state index contributed by atoms with van der Waals surface area (Å²) in [6.07, 6.45) is 0. The van der Waals surface area contributed by atoms with Gasteiger partial charge in [-0.1, -0.05) is 55.0 Å². The van der Waals surface area contributed by atoms with Crippen LogP contribution in [0.5, 0.6) is 0 Å². The molecule has 0 unspecified atom stereocenters. The van der Waals surface area contributed by atoms with Crippen molar-refractivity contribution in [1.82, 2.24) is 15.1 Å². The zero-order valence-electron chi connectivity index (χ0n) is 12.0. The van der Waals surface area contributed by atoms with Crippen LogP contribution < -0.4 is 5.32 Å². The highest BCUT2D eigenvalue weighted by atomic mass is 35.5. The van der Waals surface area contributed by atoms with Crippen LogP contribution in [0.25, 0.3) is 10.6 Å². The molecule has 0 aliphatic carbocycles. The zero-order chi connectivity index (χ0) is 15.2. The number of amides is 1. The number of hydrogen-bond acceptors (Lipinski definition) is 5. The number of rotatable bonds is 6. The third kappa shape index (κ3) is 4.23. The lowest BCUT2D eigenvalue weighted by atomic mass is 10.2. The Morgan fingerprint density at radius 1 is 1.29 bits per heavy atom. The molecule has 0 aliphatic rings. The summed E-state index contributed by atoms with van der Waals surface area (Å²) in [6.45, 7) is 6.08. The van der Waals surface area contributed by atoms with E-state index in [9.17, 15) is 4.79 Å². The van der Waals surface area contributed by atoms with E-state index >= 15 is 0 Å². The fourth-order valence-corrected chi connectivity index (χ4v) is 2.91. The van der Waals surface area contributed by atoms with Gasteiger partial charge in [-0.3, -0.25) is 15.0 Å². The van der Waals surface area contributed by atoms with Crippen molar-refractivity contribution in [3.8, 4) is 10.6 Å². The summed E-state index contributed by atoms with van der Waals surface area (Å²) in [6, 6.07) is 7.43.